The van der Waals surface area contributed by atoms with Crippen molar-refractivity contribution in [1.82, 2.24) is 4.57 Å². The number of esters is 1. The third-order valence-electron chi connectivity index (χ3n) is 2.93. The van der Waals surface area contributed by atoms with Crippen molar-refractivity contribution in [2.45, 2.75) is 20.8 Å². The lowest BCUT2D eigenvalue weighted by atomic mass is 10.1. The molecule has 0 atom stereocenters. The summed E-state index contributed by atoms with van der Waals surface area (Å²) in [5, 5.41) is 9.84. The van der Waals surface area contributed by atoms with E-state index in [2.05, 4.69) is 6.07 Å². The standard InChI is InChI=1S/C14H14N2O2S/c1-4-18-14(17)12-9(2)10(3)19-13(12)16-7-5-6-11(16)8-15/h5-7H,4H2,1-3H3. The molecular weight excluding hydrogens is 260 g/mol. The first-order valence-electron chi connectivity index (χ1n) is 5.95. The summed E-state index contributed by atoms with van der Waals surface area (Å²) < 4.78 is 6.84. The van der Waals surface area contributed by atoms with E-state index in [0.717, 1.165) is 15.4 Å². The van der Waals surface area contributed by atoms with Crippen molar-refractivity contribution < 1.29 is 9.53 Å². The lowest BCUT2D eigenvalue weighted by molar-refractivity contribution is 0.0526. The summed E-state index contributed by atoms with van der Waals surface area (Å²) in [7, 11) is 0. The number of ether oxygens (including phenoxy) is 1. The second kappa shape index (κ2) is 5.29. The minimum absolute atomic E-state index is 0.336. The zero-order chi connectivity index (χ0) is 14.0. The van der Waals surface area contributed by atoms with E-state index in [9.17, 15) is 4.79 Å². The quantitative estimate of drug-likeness (QED) is 0.808. The van der Waals surface area contributed by atoms with E-state index >= 15 is 0 Å². The summed E-state index contributed by atoms with van der Waals surface area (Å²) in [5.74, 6) is -0.336. The Balaban J connectivity index is 2.62. The van der Waals surface area contributed by atoms with E-state index in [0.29, 0.717) is 17.9 Å². The molecule has 0 fully saturated rings. The Bertz CT molecular complexity index is 662. The highest BCUT2D eigenvalue weighted by Crippen LogP contribution is 2.32. The van der Waals surface area contributed by atoms with Crippen LogP contribution in [0.1, 0.15) is 33.4 Å². The average molecular weight is 274 g/mol. The first kappa shape index (κ1) is 13.4. The van der Waals surface area contributed by atoms with E-state index in [1.54, 1.807) is 29.8 Å². The van der Waals surface area contributed by atoms with Gasteiger partial charge in [-0.3, -0.25) is 4.57 Å². The number of hydrogen-bond donors (Lipinski definition) is 0. The molecule has 98 valence electrons. The molecule has 2 aromatic heterocycles. The number of aromatic nitrogens is 1. The molecule has 5 heteroatoms. The molecule has 0 aliphatic carbocycles. The summed E-state index contributed by atoms with van der Waals surface area (Å²) in [6.45, 7) is 5.98. The topological polar surface area (TPSA) is 55.0 Å². The van der Waals surface area contributed by atoms with Gasteiger partial charge in [0.25, 0.3) is 0 Å². The molecule has 0 saturated heterocycles. The fourth-order valence-electron chi connectivity index (χ4n) is 1.87. The van der Waals surface area contributed by atoms with Crippen LogP contribution in [-0.4, -0.2) is 17.1 Å². The van der Waals surface area contributed by atoms with Crippen LogP contribution in [0.5, 0.6) is 0 Å². The summed E-state index contributed by atoms with van der Waals surface area (Å²) in [5.41, 5.74) is 1.97. The molecule has 2 aromatic rings. The summed E-state index contributed by atoms with van der Waals surface area (Å²) in [4.78, 5) is 13.1. The number of aryl methyl sites for hydroxylation is 1. The van der Waals surface area contributed by atoms with Crippen LogP contribution in [-0.2, 0) is 4.74 Å². The van der Waals surface area contributed by atoms with Gasteiger partial charge < -0.3 is 4.74 Å². The van der Waals surface area contributed by atoms with Gasteiger partial charge in [0, 0.05) is 11.1 Å². The van der Waals surface area contributed by atoms with Gasteiger partial charge >= 0.3 is 5.97 Å². The van der Waals surface area contributed by atoms with Crippen LogP contribution in [0.3, 0.4) is 0 Å². The molecule has 2 heterocycles. The zero-order valence-electron chi connectivity index (χ0n) is 11.1. The fraction of sp³-hybridized carbons (Fsp3) is 0.286. The number of carbonyl (C=O) groups excluding carboxylic acids is 1. The van der Waals surface area contributed by atoms with Crippen molar-refractivity contribution in [2.24, 2.45) is 0 Å². The minimum atomic E-state index is -0.336. The monoisotopic (exact) mass is 274 g/mol. The minimum Gasteiger partial charge on any atom is -0.462 e. The predicted molar refractivity (Wildman–Crippen MR) is 73.8 cm³/mol. The van der Waals surface area contributed by atoms with Crippen molar-refractivity contribution >= 4 is 17.3 Å². The first-order chi connectivity index (χ1) is 9.10. The smallest absolute Gasteiger partial charge is 0.341 e. The normalized spacial score (nSPS) is 10.2. The summed E-state index contributed by atoms with van der Waals surface area (Å²) >= 11 is 1.49. The number of carbonyl (C=O) groups is 1. The molecule has 19 heavy (non-hydrogen) atoms. The number of nitrogens with zero attached hydrogens (tertiary/aromatic N) is 2. The highest BCUT2D eigenvalue weighted by atomic mass is 32.1. The molecule has 0 bridgehead atoms. The van der Waals surface area contributed by atoms with Crippen LogP contribution in [0.2, 0.25) is 0 Å². The Morgan fingerprint density at radius 1 is 1.53 bits per heavy atom. The van der Waals surface area contributed by atoms with Crippen LogP contribution in [0, 0.1) is 25.2 Å². The number of nitriles is 1. The van der Waals surface area contributed by atoms with Gasteiger partial charge in [-0.25, -0.2) is 4.79 Å². The van der Waals surface area contributed by atoms with Crippen LogP contribution in [0.4, 0.5) is 0 Å². The molecule has 0 aliphatic heterocycles. The maximum absolute atomic E-state index is 12.1. The van der Waals surface area contributed by atoms with Crippen molar-refractivity contribution in [3.63, 3.8) is 0 Å². The molecule has 0 N–H and O–H groups in total. The van der Waals surface area contributed by atoms with Gasteiger partial charge in [0.05, 0.1) is 12.2 Å². The van der Waals surface area contributed by atoms with Crippen LogP contribution >= 0.6 is 11.3 Å². The predicted octanol–water partition coefficient (Wildman–Crippen LogP) is 3.20. The summed E-state index contributed by atoms with van der Waals surface area (Å²) in [6, 6.07) is 5.63. The lowest BCUT2D eigenvalue weighted by Gasteiger charge is -2.07. The van der Waals surface area contributed by atoms with Gasteiger partial charge in [0.15, 0.2) is 0 Å². The number of rotatable bonds is 3. The fourth-order valence-corrected chi connectivity index (χ4v) is 3.01. The average Bonchev–Trinajstić information content (AvgIpc) is 2.95. The summed E-state index contributed by atoms with van der Waals surface area (Å²) in [6.07, 6.45) is 1.78. The molecule has 0 saturated carbocycles. The van der Waals surface area contributed by atoms with E-state index in [1.165, 1.54) is 11.3 Å². The van der Waals surface area contributed by atoms with Crippen molar-refractivity contribution in [3.05, 3.63) is 40.0 Å². The van der Waals surface area contributed by atoms with E-state index < -0.39 is 0 Å². The SMILES string of the molecule is CCOC(=O)c1c(-n2cccc2C#N)sc(C)c1C. The van der Waals surface area contributed by atoms with Crippen molar-refractivity contribution in [1.29, 1.82) is 5.26 Å². The van der Waals surface area contributed by atoms with Gasteiger partial charge in [-0.05, 0) is 38.5 Å². The third-order valence-corrected chi connectivity index (χ3v) is 4.13. The first-order valence-corrected chi connectivity index (χ1v) is 6.76. The van der Waals surface area contributed by atoms with Gasteiger partial charge in [-0.1, -0.05) is 0 Å². The Morgan fingerprint density at radius 2 is 2.26 bits per heavy atom. The van der Waals surface area contributed by atoms with Crippen LogP contribution < -0.4 is 0 Å². The Labute approximate surface area is 115 Å². The molecule has 2 rings (SSSR count). The number of thiophene rings is 1. The molecule has 0 aliphatic rings. The molecule has 0 amide bonds. The number of hydrogen-bond acceptors (Lipinski definition) is 4. The maximum Gasteiger partial charge on any atom is 0.341 e. The Hall–Kier alpha value is -2.06. The highest BCUT2D eigenvalue weighted by molar-refractivity contribution is 7.15. The third kappa shape index (κ3) is 2.27. The van der Waals surface area contributed by atoms with Gasteiger partial charge in [-0.15, -0.1) is 11.3 Å². The Morgan fingerprint density at radius 3 is 2.89 bits per heavy atom. The molecular formula is C14H14N2O2S. The molecule has 0 unspecified atom stereocenters. The molecule has 4 nitrogen and oxygen atoms in total. The van der Waals surface area contributed by atoms with Crippen molar-refractivity contribution in [3.8, 4) is 11.1 Å². The lowest BCUT2D eigenvalue weighted by Crippen LogP contribution is -2.09. The second-order valence-electron chi connectivity index (χ2n) is 4.06. The Kier molecular flexibility index (Phi) is 3.72. The van der Waals surface area contributed by atoms with Gasteiger partial charge in [0.1, 0.15) is 16.8 Å². The van der Waals surface area contributed by atoms with Crippen LogP contribution in [0.25, 0.3) is 5.00 Å². The van der Waals surface area contributed by atoms with Crippen LogP contribution in [0.15, 0.2) is 18.3 Å². The zero-order valence-corrected chi connectivity index (χ0v) is 11.9. The molecule has 0 aromatic carbocycles. The van der Waals surface area contributed by atoms with Gasteiger partial charge in [-0.2, -0.15) is 5.26 Å². The van der Waals surface area contributed by atoms with E-state index in [4.69, 9.17) is 10.00 Å². The largest absolute Gasteiger partial charge is 0.462 e. The van der Waals surface area contributed by atoms with Gasteiger partial charge in [0.2, 0.25) is 0 Å². The molecule has 0 spiro atoms. The molecule has 0 radical (unpaired) electrons. The van der Waals surface area contributed by atoms with E-state index in [-0.39, 0.29) is 5.97 Å². The second-order valence-corrected chi connectivity index (χ2v) is 5.26. The maximum atomic E-state index is 12.1. The highest BCUT2D eigenvalue weighted by Gasteiger charge is 2.22. The van der Waals surface area contributed by atoms with E-state index in [1.807, 2.05) is 13.8 Å². The van der Waals surface area contributed by atoms with Crippen molar-refractivity contribution in [2.75, 3.05) is 6.61 Å².